The van der Waals surface area contributed by atoms with Crippen LogP contribution in [0.3, 0.4) is 0 Å². The highest BCUT2D eigenvalue weighted by molar-refractivity contribution is 5.75. The van der Waals surface area contributed by atoms with Crippen LogP contribution in [-0.4, -0.2) is 8.41 Å². The van der Waals surface area contributed by atoms with Crippen molar-refractivity contribution < 1.29 is 0 Å². The Balaban J connectivity index is -0.0000000147. The van der Waals surface area contributed by atoms with E-state index in [1.807, 2.05) is 27.7 Å². The Hall–Kier alpha value is 0.0649. The van der Waals surface area contributed by atoms with E-state index in [0.717, 1.165) is 0 Å². The molecule has 3 radical (unpaired) electrons. The van der Waals surface area contributed by atoms with Crippen LogP contribution in [0.5, 0.6) is 0 Å². The summed E-state index contributed by atoms with van der Waals surface area (Å²) in [5, 5.41) is 0. The molecule has 0 heterocycles. The lowest BCUT2D eigenvalue weighted by Crippen LogP contribution is -1.27. The Bertz CT molecular complexity index is 4.35. The molecule has 0 spiro atoms. The Morgan fingerprint density at radius 2 is 0.750 bits per heavy atom. The van der Waals surface area contributed by atoms with Crippen molar-refractivity contribution in [2.24, 2.45) is 0 Å². The molecule has 0 N–H and O–H groups in total. The summed E-state index contributed by atoms with van der Waals surface area (Å²) in [6, 6.07) is 0. The highest BCUT2D eigenvalue weighted by Gasteiger charge is 1.35. The Morgan fingerprint density at radius 3 is 0.750 bits per heavy atom. The van der Waals surface area contributed by atoms with Crippen LogP contribution in [0.15, 0.2) is 0 Å². The average molecular weight is 115 g/mol. The smallest absolute Gasteiger partial charge is 0 e. The molecule has 0 atom stereocenters. The molecule has 0 amide bonds. The third-order valence-corrected chi connectivity index (χ3v) is 0. The first-order valence-electron chi connectivity index (χ1n) is 3.41. The molecular weight excluding hydrogens is 94.9 g/mol. The minimum Gasteiger partial charge on any atom is -0.0683 e. The van der Waals surface area contributed by atoms with Gasteiger partial charge in [0, 0.05) is 8.41 Å². The van der Waals surface area contributed by atoms with E-state index in [1.54, 1.807) is 0 Å². The molecule has 0 aliphatic heterocycles. The van der Waals surface area contributed by atoms with Crippen LogP contribution in [-0.2, 0) is 0 Å². The van der Waals surface area contributed by atoms with Crippen LogP contribution in [0, 0.1) is 0 Å². The van der Waals surface area contributed by atoms with E-state index in [0.29, 0.717) is 0 Å². The minimum atomic E-state index is 0. The SMILES string of the molecule is CC.CC.CCC.[B]. The van der Waals surface area contributed by atoms with E-state index in [2.05, 4.69) is 13.8 Å². The van der Waals surface area contributed by atoms with E-state index in [-0.39, 0.29) is 8.41 Å². The molecule has 0 nitrogen and oxygen atoms in total. The van der Waals surface area contributed by atoms with Crippen molar-refractivity contribution in [3.63, 3.8) is 0 Å². The van der Waals surface area contributed by atoms with Gasteiger partial charge < -0.3 is 0 Å². The zero-order chi connectivity index (χ0) is 6.71. The molecule has 0 fully saturated rings. The maximum Gasteiger partial charge on any atom is 0 e. The van der Waals surface area contributed by atoms with Crippen molar-refractivity contribution >= 4 is 8.41 Å². The van der Waals surface area contributed by atoms with Gasteiger partial charge in [0.05, 0.1) is 0 Å². The van der Waals surface area contributed by atoms with Crippen LogP contribution in [0.2, 0.25) is 0 Å². The normalized spacial score (nSPS) is 3.75. The second-order valence-electron chi connectivity index (χ2n) is 0.707. The van der Waals surface area contributed by atoms with Gasteiger partial charge in [0.2, 0.25) is 0 Å². The summed E-state index contributed by atoms with van der Waals surface area (Å²) in [6.45, 7) is 12.2. The zero-order valence-corrected chi connectivity index (χ0v) is 7.28. The second kappa shape index (κ2) is 229. The summed E-state index contributed by atoms with van der Waals surface area (Å²) < 4.78 is 0. The van der Waals surface area contributed by atoms with E-state index in [4.69, 9.17) is 0 Å². The van der Waals surface area contributed by atoms with Crippen molar-refractivity contribution in [3.05, 3.63) is 0 Å². The van der Waals surface area contributed by atoms with Crippen molar-refractivity contribution in [3.8, 4) is 0 Å². The number of rotatable bonds is 0. The molecule has 8 heavy (non-hydrogen) atoms. The first-order chi connectivity index (χ1) is 3.41. The molecular formula is C7H20B. The van der Waals surface area contributed by atoms with E-state index >= 15 is 0 Å². The summed E-state index contributed by atoms with van der Waals surface area (Å²) >= 11 is 0. The summed E-state index contributed by atoms with van der Waals surface area (Å²) in [7, 11) is 0. The van der Waals surface area contributed by atoms with Gasteiger partial charge in [-0.1, -0.05) is 48.0 Å². The standard InChI is InChI=1S/C3H8.2C2H6.B/c1-3-2;2*1-2;/h3H2,1-2H3;2*1-2H3;. The average Bonchev–Trinajstić information content (AvgIpc) is 1.78. The third kappa shape index (κ3) is 36900. The molecule has 0 aliphatic carbocycles. The lowest BCUT2D eigenvalue weighted by Gasteiger charge is -1.48. The number of hydrogen-bond acceptors (Lipinski definition) is 0. The largest absolute Gasteiger partial charge is 0.0683 e. The molecule has 0 aromatic rings. The maximum absolute atomic E-state index is 2.12. The third-order valence-electron chi connectivity index (χ3n) is 0. The predicted molar refractivity (Wildman–Crippen MR) is 44.4 cm³/mol. The highest BCUT2D eigenvalue weighted by Crippen LogP contribution is 1.56. The molecule has 0 saturated carbocycles. The van der Waals surface area contributed by atoms with Crippen molar-refractivity contribution in [2.75, 3.05) is 0 Å². The summed E-state index contributed by atoms with van der Waals surface area (Å²) in [6.07, 6.45) is 1.25. The van der Waals surface area contributed by atoms with Crippen LogP contribution in [0.4, 0.5) is 0 Å². The van der Waals surface area contributed by atoms with Crippen molar-refractivity contribution in [1.29, 1.82) is 0 Å². The van der Waals surface area contributed by atoms with Gasteiger partial charge in [-0.25, -0.2) is 0 Å². The van der Waals surface area contributed by atoms with Crippen LogP contribution in [0.25, 0.3) is 0 Å². The minimum absolute atomic E-state index is 0. The van der Waals surface area contributed by atoms with Gasteiger partial charge >= 0.3 is 0 Å². The lowest BCUT2D eigenvalue weighted by molar-refractivity contribution is 1.09. The number of hydrogen-bond donors (Lipinski definition) is 0. The Kier molecular flexibility index (Phi) is 698. The van der Waals surface area contributed by atoms with Gasteiger partial charge in [0.1, 0.15) is 0 Å². The molecule has 0 aromatic carbocycles. The van der Waals surface area contributed by atoms with Gasteiger partial charge in [-0.15, -0.1) is 0 Å². The van der Waals surface area contributed by atoms with E-state index in [9.17, 15) is 0 Å². The fourth-order valence-electron chi connectivity index (χ4n) is 0. The molecule has 0 aromatic heterocycles. The van der Waals surface area contributed by atoms with Gasteiger partial charge in [0.25, 0.3) is 0 Å². The monoisotopic (exact) mass is 115 g/mol. The van der Waals surface area contributed by atoms with Gasteiger partial charge in [-0.05, 0) is 0 Å². The Labute approximate surface area is 57.3 Å². The fourth-order valence-corrected chi connectivity index (χ4v) is 0. The Morgan fingerprint density at radius 1 is 0.750 bits per heavy atom. The molecule has 0 rings (SSSR count). The van der Waals surface area contributed by atoms with Crippen LogP contribution >= 0.6 is 0 Å². The first-order valence-corrected chi connectivity index (χ1v) is 3.41. The molecule has 1 heteroatoms. The zero-order valence-electron chi connectivity index (χ0n) is 7.28. The van der Waals surface area contributed by atoms with Crippen molar-refractivity contribution in [2.45, 2.75) is 48.0 Å². The quantitative estimate of drug-likeness (QED) is 0.425. The molecule has 0 bridgehead atoms. The predicted octanol–water partition coefficient (Wildman–Crippen LogP) is 3.09. The summed E-state index contributed by atoms with van der Waals surface area (Å²) in [5.41, 5.74) is 0. The maximum atomic E-state index is 2.12. The van der Waals surface area contributed by atoms with Crippen LogP contribution < -0.4 is 0 Å². The molecule has 0 saturated heterocycles. The van der Waals surface area contributed by atoms with Gasteiger partial charge in [0.15, 0.2) is 0 Å². The molecule has 0 unspecified atom stereocenters. The molecule has 0 aliphatic rings. The van der Waals surface area contributed by atoms with E-state index < -0.39 is 0 Å². The molecule has 51 valence electrons. The second-order valence-corrected chi connectivity index (χ2v) is 0.707. The fraction of sp³-hybridized carbons (Fsp3) is 1.00. The van der Waals surface area contributed by atoms with Crippen molar-refractivity contribution in [1.82, 2.24) is 0 Å². The summed E-state index contributed by atoms with van der Waals surface area (Å²) in [4.78, 5) is 0. The van der Waals surface area contributed by atoms with Crippen LogP contribution in [0.1, 0.15) is 48.0 Å². The van der Waals surface area contributed by atoms with Gasteiger partial charge in [-0.2, -0.15) is 0 Å². The first kappa shape index (κ1) is 24.4. The summed E-state index contributed by atoms with van der Waals surface area (Å²) in [5.74, 6) is 0. The highest BCUT2D eigenvalue weighted by atomic mass is 13.4. The van der Waals surface area contributed by atoms with E-state index in [1.165, 1.54) is 6.42 Å². The topological polar surface area (TPSA) is 0 Å². The lowest BCUT2D eigenvalue weighted by atomic mass is 10.6. The van der Waals surface area contributed by atoms with Gasteiger partial charge in [-0.3, -0.25) is 0 Å².